The number of nitrogens with one attached hydrogen (secondary N) is 1. The van der Waals surface area contributed by atoms with Crippen molar-refractivity contribution in [3.05, 3.63) is 58.1 Å². The van der Waals surface area contributed by atoms with Gasteiger partial charge in [0.15, 0.2) is 0 Å². The van der Waals surface area contributed by atoms with Crippen LogP contribution < -0.4 is 9.62 Å². The maximum Gasteiger partial charge on any atom is 0.248 e. The first-order chi connectivity index (χ1) is 12.1. The van der Waals surface area contributed by atoms with Gasteiger partial charge in [-0.05, 0) is 49.2 Å². The van der Waals surface area contributed by atoms with Crippen molar-refractivity contribution in [2.45, 2.75) is 26.3 Å². The molecule has 140 valence electrons. The fourth-order valence-corrected chi connectivity index (χ4v) is 4.20. The van der Waals surface area contributed by atoms with Crippen LogP contribution in [0.25, 0.3) is 0 Å². The normalized spacial score (nSPS) is 12.5. The second-order valence-electron chi connectivity index (χ2n) is 5.86. The van der Waals surface area contributed by atoms with E-state index in [0.29, 0.717) is 27.0 Å². The van der Waals surface area contributed by atoms with Gasteiger partial charge in [0.05, 0.1) is 11.9 Å². The molecule has 0 radical (unpaired) electrons. The number of amides is 1. The van der Waals surface area contributed by atoms with Gasteiger partial charge in [-0.3, -0.25) is 9.10 Å². The lowest BCUT2D eigenvalue weighted by atomic mass is 10.1. The average molecular weight is 415 g/mol. The van der Waals surface area contributed by atoms with Crippen LogP contribution in [0.15, 0.2) is 42.5 Å². The summed E-state index contributed by atoms with van der Waals surface area (Å²) in [6.07, 6.45) is 1.35. The zero-order valence-corrected chi connectivity index (χ0v) is 17.0. The van der Waals surface area contributed by atoms with E-state index in [1.807, 2.05) is 0 Å². The first-order valence-electron chi connectivity index (χ1n) is 7.96. The molecule has 0 saturated heterocycles. The maximum absolute atomic E-state index is 12.9. The minimum atomic E-state index is -3.71. The fraction of sp³-hybridized carbons (Fsp3) is 0.278. The van der Waals surface area contributed by atoms with Gasteiger partial charge in [0.25, 0.3) is 0 Å². The Balaban J connectivity index is 2.42. The summed E-state index contributed by atoms with van der Waals surface area (Å²) in [6, 6.07) is 10.6. The van der Waals surface area contributed by atoms with Gasteiger partial charge < -0.3 is 5.32 Å². The Labute approximate surface area is 164 Å². The molecule has 5 nitrogen and oxygen atoms in total. The lowest BCUT2D eigenvalue weighted by Crippen LogP contribution is -2.47. The summed E-state index contributed by atoms with van der Waals surface area (Å²) >= 11 is 12.1. The van der Waals surface area contributed by atoms with Gasteiger partial charge in [0.2, 0.25) is 15.9 Å². The number of sulfonamides is 1. The standard InChI is InChI=1S/C18H20Cl2N2O3S/c1-4-17(18(23)21-16-10-6-9-15(20)12(16)2)22(26(3,24)25)14-8-5-7-13(19)11-14/h5-11,17H,4H2,1-3H3,(H,21,23). The van der Waals surface area contributed by atoms with E-state index in [1.165, 1.54) is 6.07 Å². The van der Waals surface area contributed by atoms with E-state index in [4.69, 9.17) is 23.2 Å². The van der Waals surface area contributed by atoms with Crippen molar-refractivity contribution in [2.24, 2.45) is 0 Å². The van der Waals surface area contributed by atoms with E-state index in [9.17, 15) is 13.2 Å². The van der Waals surface area contributed by atoms with Gasteiger partial charge in [-0.2, -0.15) is 0 Å². The summed E-state index contributed by atoms with van der Waals surface area (Å²) in [7, 11) is -3.71. The molecular formula is C18H20Cl2N2O3S. The lowest BCUT2D eigenvalue weighted by molar-refractivity contribution is -0.117. The van der Waals surface area contributed by atoms with Crippen molar-refractivity contribution in [1.82, 2.24) is 0 Å². The minimum Gasteiger partial charge on any atom is -0.324 e. The number of anilines is 2. The van der Waals surface area contributed by atoms with Gasteiger partial charge in [-0.25, -0.2) is 8.42 Å². The molecule has 0 aliphatic carbocycles. The van der Waals surface area contributed by atoms with Crippen LogP contribution in [0.3, 0.4) is 0 Å². The predicted molar refractivity (Wildman–Crippen MR) is 108 cm³/mol. The number of hydrogen-bond acceptors (Lipinski definition) is 3. The first kappa shape index (κ1) is 20.6. The number of hydrogen-bond donors (Lipinski definition) is 1. The van der Waals surface area contributed by atoms with E-state index >= 15 is 0 Å². The molecule has 8 heteroatoms. The molecule has 1 atom stereocenters. The van der Waals surface area contributed by atoms with Crippen LogP contribution in [0.4, 0.5) is 11.4 Å². The Morgan fingerprint density at radius 2 is 1.85 bits per heavy atom. The van der Waals surface area contributed by atoms with Crippen LogP contribution in [-0.4, -0.2) is 26.6 Å². The van der Waals surface area contributed by atoms with Crippen molar-refractivity contribution < 1.29 is 13.2 Å². The number of halogens is 2. The number of rotatable bonds is 6. The summed E-state index contributed by atoms with van der Waals surface area (Å²) in [5, 5.41) is 3.68. The number of benzene rings is 2. The Hall–Kier alpha value is -1.76. The van der Waals surface area contributed by atoms with Crippen LogP contribution in [0, 0.1) is 6.92 Å². The highest BCUT2D eigenvalue weighted by atomic mass is 35.5. The lowest BCUT2D eigenvalue weighted by Gasteiger charge is -2.30. The van der Waals surface area contributed by atoms with Gasteiger partial charge >= 0.3 is 0 Å². The van der Waals surface area contributed by atoms with Gasteiger partial charge in [0.1, 0.15) is 6.04 Å². The summed E-state index contributed by atoms with van der Waals surface area (Å²) < 4.78 is 25.9. The third kappa shape index (κ3) is 4.69. The Kier molecular flexibility index (Phi) is 6.55. The van der Waals surface area contributed by atoms with E-state index in [1.54, 1.807) is 50.2 Å². The molecule has 2 aromatic carbocycles. The molecule has 0 heterocycles. The van der Waals surface area contributed by atoms with Crippen molar-refractivity contribution in [3.63, 3.8) is 0 Å². The molecular weight excluding hydrogens is 395 g/mol. The number of carbonyl (C=O) groups excluding carboxylic acids is 1. The topological polar surface area (TPSA) is 66.5 Å². The zero-order valence-electron chi connectivity index (χ0n) is 14.7. The van der Waals surface area contributed by atoms with Crippen molar-refractivity contribution >= 4 is 50.5 Å². The summed E-state index contributed by atoms with van der Waals surface area (Å²) in [5.74, 6) is -0.441. The molecule has 0 aliphatic heterocycles. The SMILES string of the molecule is CCC(C(=O)Nc1cccc(Cl)c1C)N(c1cccc(Cl)c1)S(C)(=O)=O. The average Bonchev–Trinajstić information content (AvgIpc) is 2.55. The number of nitrogens with zero attached hydrogens (tertiary/aromatic N) is 1. The maximum atomic E-state index is 12.9. The van der Waals surface area contributed by atoms with Gasteiger partial charge in [0, 0.05) is 15.7 Å². The van der Waals surface area contributed by atoms with Crippen LogP contribution in [0.1, 0.15) is 18.9 Å². The van der Waals surface area contributed by atoms with Crippen LogP contribution >= 0.6 is 23.2 Å². The second-order valence-corrected chi connectivity index (χ2v) is 8.57. The first-order valence-corrected chi connectivity index (χ1v) is 10.6. The molecule has 2 aromatic rings. The molecule has 0 aliphatic rings. The molecule has 2 rings (SSSR count). The van der Waals surface area contributed by atoms with Crippen LogP contribution in [0.5, 0.6) is 0 Å². The fourth-order valence-electron chi connectivity index (χ4n) is 2.63. The van der Waals surface area contributed by atoms with Crippen molar-refractivity contribution in [1.29, 1.82) is 0 Å². The second kappa shape index (κ2) is 8.29. The van der Waals surface area contributed by atoms with Crippen LogP contribution in [0.2, 0.25) is 10.0 Å². The summed E-state index contributed by atoms with van der Waals surface area (Å²) in [4.78, 5) is 12.9. The van der Waals surface area contributed by atoms with E-state index in [2.05, 4.69) is 5.32 Å². The summed E-state index contributed by atoms with van der Waals surface area (Å²) in [6.45, 7) is 3.53. The molecule has 1 amide bonds. The molecule has 0 bridgehead atoms. The Morgan fingerprint density at radius 1 is 1.19 bits per heavy atom. The molecule has 1 unspecified atom stereocenters. The highest BCUT2D eigenvalue weighted by Crippen LogP contribution is 2.27. The molecule has 0 saturated carbocycles. The quantitative estimate of drug-likeness (QED) is 0.756. The molecule has 0 fully saturated rings. The third-order valence-corrected chi connectivity index (χ3v) is 5.74. The zero-order chi connectivity index (χ0) is 19.5. The van der Waals surface area contributed by atoms with Gasteiger partial charge in [-0.1, -0.05) is 42.3 Å². The third-order valence-electron chi connectivity index (χ3n) is 3.92. The highest BCUT2D eigenvalue weighted by molar-refractivity contribution is 7.92. The molecule has 0 spiro atoms. The predicted octanol–water partition coefficient (Wildman–Crippen LogP) is 4.49. The monoisotopic (exact) mass is 414 g/mol. The van der Waals surface area contributed by atoms with Crippen molar-refractivity contribution in [2.75, 3.05) is 15.9 Å². The smallest absolute Gasteiger partial charge is 0.248 e. The van der Waals surface area contributed by atoms with Crippen molar-refractivity contribution in [3.8, 4) is 0 Å². The van der Waals surface area contributed by atoms with E-state index in [0.717, 1.165) is 10.6 Å². The Morgan fingerprint density at radius 3 is 2.42 bits per heavy atom. The van der Waals surface area contributed by atoms with Crippen LogP contribution in [-0.2, 0) is 14.8 Å². The number of carbonyl (C=O) groups is 1. The Bertz CT molecular complexity index is 916. The van der Waals surface area contributed by atoms with E-state index in [-0.39, 0.29) is 6.42 Å². The molecule has 26 heavy (non-hydrogen) atoms. The highest BCUT2D eigenvalue weighted by Gasteiger charge is 2.31. The largest absolute Gasteiger partial charge is 0.324 e. The van der Waals surface area contributed by atoms with Gasteiger partial charge in [-0.15, -0.1) is 0 Å². The molecule has 1 N–H and O–H groups in total. The minimum absolute atomic E-state index is 0.283. The summed E-state index contributed by atoms with van der Waals surface area (Å²) in [5.41, 5.74) is 1.59. The van der Waals surface area contributed by atoms with E-state index < -0.39 is 22.0 Å². The molecule has 0 aromatic heterocycles.